The highest BCUT2D eigenvalue weighted by Crippen LogP contribution is 2.25. The fourth-order valence-corrected chi connectivity index (χ4v) is 4.73. The molecule has 1 aliphatic heterocycles. The quantitative estimate of drug-likeness (QED) is 0.483. The van der Waals surface area contributed by atoms with Crippen LogP contribution in [0.3, 0.4) is 0 Å². The van der Waals surface area contributed by atoms with Gasteiger partial charge in [-0.05, 0) is 49.2 Å². The van der Waals surface area contributed by atoms with Crippen molar-refractivity contribution in [2.45, 2.75) is 36.8 Å². The summed E-state index contributed by atoms with van der Waals surface area (Å²) in [5.74, 6) is 1.95. The number of hydrogen-bond donors (Lipinski definition) is 0. The second kappa shape index (κ2) is 9.04. The SMILES string of the molecule is Brc1cccc(CSc2nnc(CN3CCCC3)n2Cc2ccccc2)c1. The number of aromatic nitrogens is 3. The van der Waals surface area contributed by atoms with Crippen LogP contribution in [0.1, 0.15) is 29.8 Å². The van der Waals surface area contributed by atoms with Gasteiger partial charge >= 0.3 is 0 Å². The Hall–Kier alpha value is -1.63. The number of halogens is 1. The molecular weight excluding hydrogens is 420 g/mol. The molecule has 3 aromatic rings. The van der Waals surface area contributed by atoms with E-state index < -0.39 is 0 Å². The molecule has 0 N–H and O–H groups in total. The van der Waals surface area contributed by atoms with Crippen LogP contribution in [-0.2, 0) is 18.8 Å². The Morgan fingerprint density at radius 3 is 2.44 bits per heavy atom. The molecule has 6 heteroatoms. The lowest BCUT2D eigenvalue weighted by Gasteiger charge is -2.16. The van der Waals surface area contributed by atoms with E-state index in [1.807, 2.05) is 0 Å². The number of hydrogen-bond acceptors (Lipinski definition) is 4. The number of thioether (sulfide) groups is 1. The Bertz CT molecular complexity index is 875. The van der Waals surface area contributed by atoms with Crippen LogP contribution in [0.2, 0.25) is 0 Å². The maximum Gasteiger partial charge on any atom is 0.191 e. The number of likely N-dealkylation sites (tertiary alicyclic amines) is 1. The maximum atomic E-state index is 4.55. The van der Waals surface area contributed by atoms with Crippen LogP contribution in [0, 0.1) is 0 Å². The first-order valence-corrected chi connectivity index (χ1v) is 11.1. The molecule has 1 fully saturated rings. The van der Waals surface area contributed by atoms with Gasteiger partial charge in [0.2, 0.25) is 0 Å². The third-order valence-corrected chi connectivity index (χ3v) is 6.33. The van der Waals surface area contributed by atoms with Gasteiger partial charge in [0.05, 0.1) is 13.1 Å². The molecule has 4 rings (SSSR count). The molecule has 4 nitrogen and oxygen atoms in total. The Morgan fingerprint density at radius 1 is 0.889 bits per heavy atom. The monoisotopic (exact) mass is 442 g/mol. The van der Waals surface area contributed by atoms with Crippen LogP contribution in [-0.4, -0.2) is 32.8 Å². The maximum absolute atomic E-state index is 4.55. The van der Waals surface area contributed by atoms with Gasteiger partial charge in [0.1, 0.15) is 5.82 Å². The molecule has 0 atom stereocenters. The first kappa shape index (κ1) is 18.7. The lowest BCUT2D eigenvalue weighted by molar-refractivity contribution is 0.316. The molecule has 2 heterocycles. The molecule has 0 radical (unpaired) electrons. The van der Waals surface area contributed by atoms with E-state index in [0.717, 1.165) is 34.3 Å². The average Bonchev–Trinajstić information content (AvgIpc) is 3.32. The minimum absolute atomic E-state index is 0.817. The predicted octanol–water partition coefficient (Wildman–Crippen LogP) is 4.98. The summed E-state index contributed by atoms with van der Waals surface area (Å²) in [5.41, 5.74) is 2.56. The van der Waals surface area contributed by atoms with Crippen molar-refractivity contribution in [1.29, 1.82) is 0 Å². The van der Waals surface area contributed by atoms with Crippen LogP contribution in [0.15, 0.2) is 64.2 Å². The van der Waals surface area contributed by atoms with E-state index in [0.29, 0.717) is 0 Å². The normalized spacial score (nSPS) is 14.7. The van der Waals surface area contributed by atoms with E-state index in [4.69, 9.17) is 0 Å². The molecular formula is C21H23BrN4S. The zero-order chi connectivity index (χ0) is 18.5. The van der Waals surface area contributed by atoms with Gasteiger partial charge in [-0.2, -0.15) is 0 Å². The van der Waals surface area contributed by atoms with Crippen LogP contribution >= 0.6 is 27.7 Å². The average molecular weight is 443 g/mol. The van der Waals surface area contributed by atoms with E-state index >= 15 is 0 Å². The highest BCUT2D eigenvalue weighted by Gasteiger charge is 2.18. The molecule has 0 bridgehead atoms. The Morgan fingerprint density at radius 2 is 1.67 bits per heavy atom. The number of benzene rings is 2. The van der Waals surface area contributed by atoms with Crippen molar-refractivity contribution in [1.82, 2.24) is 19.7 Å². The zero-order valence-electron chi connectivity index (χ0n) is 15.2. The molecule has 1 aromatic heterocycles. The molecule has 0 saturated carbocycles. The molecule has 0 amide bonds. The minimum atomic E-state index is 0.817. The smallest absolute Gasteiger partial charge is 0.191 e. The van der Waals surface area contributed by atoms with E-state index in [2.05, 4.69) is 90.2 Å². The van der Waals surface area contributed by atoms with Gasteiger partial charge in [0, 0.05) is 10.2 Å². The van der Waals surface area contributed by atoms with Crippen molar-refractivity contribution in [2.75, 3.05) is 13.1 Å². The van der Waals surface area contributed by atoms with E-state index in [9.17, 15) is 0 Å². The van der Waals surface area contributed by atoms with Gasteiger partial charge in [0.15, 0.2) is 5.16 Å². The predicted molar refractivity (Wildman–Crippen MR) is 114 cm³/mol. The summed E-state index contributed by atoms with van der Waals surface area (Å²) in [6.45, 7) is 4.03. The molecule has 1 aliphatic rings. The fraction of sp³-hybridized carbons (Fsp3) is 0.333. The highest BCUT2D eigenvalue weighted by atomic mass is 79.9. The third kappa shape index (κ3) is 5.00. The summed E-state index contributed by atoms with van der Waals surface area (Å²) >= 11 is 5.31. The fourth-order valence-electron chi connectivity index (χ4n) is 3.38. The Balaban J connectivity index is 1.54. The number of nitrogens with zero attached hydrogens (tertiary/aromatic N) is 4. The van der Waals surface area contributed by atoms with Crippen molar-refractivity contribution in [2.24, 2.45) is 0 Å². The first-order chi connectivity index (χ1) is 13.3. The van der Waals surface area contributed by atoms with Crippen molar-refractivity contribution in [3.8, 4) is 0 Å². The van der Waals surface area contributed by atoms with Gasteiger partial charge in [-0.3, -0.25) is 4.90 Å². The van der Waals surface area contributed by atoms with Crippen LogP contribution < -0.4 is 0 Å². The second-order valence-corrected chi connectivity index (χ2v) is 8.73. The van der Waals surface area contributed by atoms with Crippen molar-refractivity contribution in [3.05, 3.63) is 76.0 Å². The summed E-state index contributed by atoms with van der Waals surface area (Å²) in [4.78, 5) is 2.48. The van der Waals surface area contributed by atoms with Crippen LogP contribution in [0.25, 0.3) is 0 Å². The first-order valence-electron chi connectivity index (χ1n) is 9.33. The van der Waals surface area contributed by atoms with Crippen LogP contribution in [0.4, 0.5) is 0 Å². The highest BCUT2D eigenvalue weighted by molar-refractivity contribution is 9.10. The molecule has 0 spiro atoms. The minimum Gasteiger partial charge on any atom is -0.300 e. The van der Waals surface area contributed by atoms with Crippen molar-refractivity contribution < 1.29 is 0 Å². The summed E-state index contributed by atoms with van der Waals surface area (Å²) in [6, 6.07) is 19.0. The second-order valence-electron chi connectivity index (χ2n) is 6.87. The van der Waals surface area contributed by atoms with E-state index in [-0.39, 0.29) is 0 Å². The summed E-state index contributed by atoms with van der Waals surface area (Å²) < 4.78 is 3.40. The van der Waals surface area contributed by atoms with E-state index in [1.165, 1.54) is 37.1 Å². The van der Waals surface area contributed by atoms with Gasteiger partial charge in [0.25, 0.3) is 0 Å². The largest absolute Gasteiger partial charge is 0.300 e. The Kier molecular flexibility index (Phi) is 6.27. The topological polar surface area (TPSA) is 34.0 Å². The molecule has 2 aromatic carbocycles. The summed E-state index contributed by atoms with van der Waals surface area (Å²) in [7, 11) is 0. The van der Waals surface area contributed by atoms with Gasteiger partial charge in [-0.1, -0.05) is 70.2 Å². The number of rotatable bonds is 7. The standard InChI is InChI=1S/C21H23BrN4S/c22-19-10-6-9-18(13-19)16-27-21-24-23-20(15-25-11-4-5-12-25)26(21)14-17-7-2-1-3-8-17/h1-3,6-10,13H,4-5,11-12,14-16H2. The van der Waals surface area contributed by atoms with Gasteiger partial charge < -0.3 is 4.57 Å². The van der Waals surface area contributed by atoms with Gasteiger partial charge in [-0.15, -0.1) is 10.2 Å². The van der Waals surface area contributed by atoms with Crippen molar-refractivity contribution >= 4 is 27.7 Å². The molecule has 0 aliphatic carbocycles. The van der Waals surface area contributed by atoms with Gasteiger partial charge in [-0.25, -0.2) is 0 Å². The summed E-state index contributed by atoms with van der Waals surface area (Å²) in [5, 5.41) is 10.1. The van der Waals surface area contributed by atoms with Crippen LogP contribution in [0.5, 0.6) is 0 Å². The lowest BCUT2D eigenvalue weighted by atomic mass is 10.2. The Labute approximate surface area is 173 Å². The third-order valence-electron chi connectivity index (χ3n) is 4.80. The van der Waals surface area contributed by atoms with E-state index in [1.54, 1.807) is 11.8 Å². The zero-order valence-corrected chi connectivity index (χ0v) is 17.6. The molecule has 0 unspecified atom stereocenters. The molecule has 27 heavy (non-hydrogen) atoms. The lowest BCUT2D eigenvalue weighted by Crippen LogP contribution is -2.21. The van der Waals surface area contributed by atoms with Crippen molar-refractivity contribution in [3.63, 3.8) is 0 Å². The summed E-state index contributed by atoms with van der Waals surface area (Å²) in [6.07, 6.45) is 2.58. The molecule has 1 saturated heterocycles. The molecule has 140 valence electrons.